The Kier molecular flexibility index (Phi) is 5.21. The summed E-state index contributed by atoms with van der Waals surface area (Å²) in [6.07, 6.45) is 0. The lowest BCUT2D eigenvalue weighted by Gasteiger charge is -2.20. The van der Waals surface area contributed by atoms with Crippen molar-refractivity contribution < 1.29 is 19.3 Å². The molecule has 5 nitrogen and oxygen atoms in total. The molecule has 0 bridgehead atoms. The van der Waals surface area contributed by atoms with E-state index in [1.807, 2.05) is 0 Å². The van der Waals surface area contributed by atoms with Gasteiger partial charge >= 0.3 is 5.91 Å². The first-order chi connectivity index (χ1) is 10.2. The van der Waals surface area contributed by atoms with Crippen LogP contribution in [-0.2, 0) is 16.0 Å². The van der Waals surface area contributed by atoms with Crippen LogP contribution in [0.3, 0.4) is 0 Å². The number of nitrogens with one attached hydrogen (secondary N) is 1. The summed E-state index contributed by atoms with van der Waals surface area (Å²) >= 11 is -1.64. The second-order valence-electron chi connectivity index (χ2n) is 4.24. The van der Waals surface area contributed by atoms with Crippen molar-refractivity contribution in [1.29, 1.82) is 0 Å². The van der Waals surface area contributed by atoms with Gasteiger partial charge in [-0.15, -0.1) is 0 Å². The minimum Gasteiger partial charge on any atom is -0.611 e. The monoisotopic (exact) mass is 305 g/mol. The zero-order valence-electron chi connectivity index (χ0n) is 11.4. The number of carbonyl (C=O) groups is 1. The third kappa shape index (κ3) is 3.55. The molecule has 2 aromatic rings. The fraction of sp³-hybridized carbons (Fsp3) is 0.133. The molecule has 0 radical (unpaired) electrons. The van der Waals surface area contributed by atoms with Gasteiger partial charge in [0.25, 0.3) is 0 Å². The fourth-order valence-corrected chi connectivity index (χ4v) is 3.23. The molecule has 0 spiro atoms. The number of carbonyl (C=O) groups excluding carboxylic acids is 1. The molecule has 1 amide bonds. The van der Waals surface area contributed by atoms with Crippen LogP contribution in [0, 0.1) is 0 Å². The Hall–Kier alpha value is -2.02. The number of benzene rings is 2. The molecule has 0 heterocycles. The predicted molar refractivity (Wildman–Crippen MR) is 78.5 cm³/mol. The topological polar surface area (TPSA) is 81.6 Å². The Bertz CT molecular complexity index is 588. The average molecular weight is 305 g/mol. The summed E-state index contributed by atoms with van der Waals surface area (Å²) in [6, 6.07) is 15.3. The van der Waals surface area contributed by atoms with E-state index in [-0.39, 0.29) is 0 Å². The van der Waals surface area contributed by atoms with Crippen molar-refractivity contribution in [2.24, 2.45) is 0 Å². The molecular weight excluding hydrogens is 290 g/mol. The Morgan fingerprint density at radius 1 is 1.19 bits per heavy atom. The Morgan fingerprint density at radius 3 is 2.33 bits per heavy atom. The summed E-state index contributed by atoms with van der Waals surface area (Å²) in [5.41, 5.74) is 2.15. The summed E-state index contributed by atoms with van der Waals surface area (Å²) in [6.45, 7) is 0. The molecule has 2 rings (SSSR count). The molecule has 110 valence electrons. The van der Waals surface area contributed by atoms with E-state index < -0.39 is 22.3 Å². The van der Waals surface area contributed by atoms with Crippen LogP contribution in [0.25, 0.3) is 0 Å². The molecule has 0 saturated carbocycles. The van der Waals surface area contributed by atoms with Gasteiger partial charge in [-0.25, -0.2) is 5.48 Å². The van der Waals surface area contributed by atoms with Crippen LogP contribution < -0.4 is 10.2 Å². The van der Waals surface area contributed by atoms with Crippen LogP contribution in [-0.4, -0.2) is 22.8 Å². The van der Waals surface area contributed by atoms with Crippen LogP contribution in [0.4, 0.5) is 0 Å². The van der Waals surface area contributed by atoms with E-state index in [1.165, 1.54) is 7.11 Å². The zero-order valence-corrected chi connectivity index (χ0v) is 12.2. The number of ether oxygens (including phenoxy) is 1. The summed E-state index contributed by atoms with van der Waals surface area (Å²) in [5, 5.41) is 7.91. The number of methoxy groups -OCH3 is 1. The van der Waals surface area contributed by atoms with E-state index in [1.54, 1.807) is 60.1 Å². The number of rotatable bonds is 5. The van der Waals surface area contributed by atoms with Gasteiger partial charge in [0.2, 0.25) is 5.25 Å². The van der Waals surface area contributed by atoms with Gasteiger partial charge in [-0.05, 0) is 24.3 Å². The second-order valence-corrected chi connectivity index (χ2v) is 5.78. The number of amides is 1. The van der Waals surface area contributed by atoms with E-state index in [0.717, 1.165) is 0 Å². The van der Waals surface area contributed by atoms with Crippen molar-refractivity contribution >= 4 is 17.1 Å². The van der Waals surface area contributed by atoms with E-state index in [0.29, 0.717) is 16.2 Å². The first-order valence-electron chi connectivity index (χ1n) is 6.21. The van der Waals surface area contributed by atoms with Gasteiger partial charge in [-0.3, -0.25) is 10.0 Å². The number of hydrogen-bond acceptors (Lipinski definition) is 4. The van der Waals surface area contributed by atoms with Crippen LogP contribution in [0.1, 0.15) is 10.8 Å². The van der Waals surface area contributed by atoms with Crippen LogP contribution in [0.2, 0.25) is 0 Å². The molecule has 2 N–H and O–H groups in total. The van der Waals surface area contributed by atoms with Crippen molar-refractivity contribution in [2.75, 3.05) is 7.11 Å². The largest absolute Gasteiger partial charge is 0.611 e. The summed E-state index contributed by atoms with van der Waals surface area (Å²) in [5.74, 6) is -0.0750. The van der Waals surface area contributed by atoms with Gasteiger partial charge in [0, 0.05) is 16.7 Å². The molecule has 0 aromatic heterocycles. The van der Waals surface area contributed by atoms with Crippen molar-refractivity contribution in [1.82, 2.24) is 5.48 Å². The standard InChI is InChI=1S/C15H15NO4S/c1-20-12-7-9-13(10-8-12)21(19)14(15(17)16-18)11-5-3-2-4-6-11/h2-10,14,18H,1H3,(H,16,17). The highest BCUT2D eigenvalue weighted by Gasteiger charge is 2.33. The molecule has 2 atom stereocenters. The van der Waals surface area contributed by atoms with Gasteiger partial charge < -0.3 is 9.29 Å². The molecular formula is C15H15NO4S. The minimum absolute atomic E-state index is 0.480. The molecule has 0 aliphatic carbocycles. The summed E-state index contributed by atoms with van der Waals surface area (Å²) in [7, 11) is 1.54. The highest BCUT2D eigenvalue weighted by molar-refractivity contribution is 7.92. The normalized spacial score (nSPS) is 13.3. The van der Waals surface area contributed by atoms with Crippen molar-refractivity contribution in [3.05, 3.63) is 60.2 Å². The Labute approximate surface area is 125 Å². The number of hydrogen-bond donors (Lipinski definition) is 2. The lowest BCUT2D eigenvalue weighted by molar-refractivity contribution is -0.128. The lowest BCUT2D eigenvalue weighted by atomic mass is 10.1. The van der Waals surface area contributed by atoms with Crippen LogP contribution in [0.5, 0.6) is 5.75 Å². The van der Waals surface area contributed by atoms with Gasteiger partial charge in [0.1, 0.15) is 5.75 Å². The van der Waals surface area contributed by atoms with E-state index >= 15 is 0 Å². The molecule has 0 aliphatic rings. The molecule has 0 aliphatic heterocycles. The maximum atomic E-state index is 12.6. The third-order valence-electron chi connectivity index (χ3n) is 2.96. The average Bonchev–Trinajstić information content (AvgIpc) is 2.55. The molecule has 21 heavy (non-hydrogen) atoms. The predicted octanol–water partition coefficient (Wildman–Crippen LogP) is 2.05. The highest BCUT2D eigenvalue weighted by Crippen LogP contribution is 2.30. The molecule has 2 unspecified atom stereocenters. The maximum Gasteiger partial charge on any atom is 0.301 e. The third-order valence-corrected chi connectivity index (χ3v) is 4.61. The quantitative estimate of drug-likeness (QED) is 0.503. The van der Waals surface area contributed by atoms with E-state index in [4.69, 9.17) is 9.94 Å². The van der Waals surface area contributed by atoms with E-state index in [2.05, 4.69) is 0 Å². The van der Waals surface area contributed by atoms with E-state index in [9.17, 15) is 9.35 Å². The Morgan fingerprint density at radius 2 is 1.81 bits per heavy atom. The first kappa shape index (κ1) is 15.4. The molecule has 0 saturated heterocycles. The van der Waals surface area contributed by atoms with Gasteiger partial charge in [0.05, 0.1) is 7.11 Å². The van der Waals surface area contributed by atoms with Gasteiger partial charge in [0.15, 0.2) is 4.90 Å². The van der Waals surface area contributed by atoms with Crippen molar-refractivity contribution in [2.45, 2.75) is 10.1 Å². The highest BCUT2D eigenvalue weighted by atomic mass is 32.2. The smallest absolute Gasteiger partial charge is 0.301 e. The molecule has 2 aromatic carbocycles. The lowest BCUT2D eigenvalue weighted by Crippen LogP contribution is -2.31. The fourth-order valence-electron chi connectivity index (χ4n) is 1.90. The molecule has 0 fully saturated rings. The van der Waals surface area contributed by atoms with Crippen LogP contribution >= 0.6 is 0 Å². The minimum atomic E-state index is -1.64. The van der Waals surface area contributed by atoms with Gasteiger partial charge in [-0.1, -0.05) is 30.3 Å². The second kappa shape index (κ2) is 7.12. The summed E-state index contributed by atoms with van der Waals surface area (Å²) in [4.78, 5) is 12.4. The van der Waals surface area contributed by atoms with Crippen LogP contribution in [0.15, 0.2) is 59.5 Å². The van der Waals surface area contributed by atoms with Crippen molar-refractivity contribution in [3.8, 4) is 5.75 Å². The number of hydroxylamine groups is 1. The van der Waals surface area contributed by atoms with Crippen molar-refractivity contribution in [3.63, 3.8) is 0 Å². The summed E-state index contributed by atoms with van der Waals surface area (Å²) < 4.78 is 17.7. The zero-order chi connectivity index (χ0) is 15.2. The Balaban J connectivity index is 2.33. The molecule has 6 heteroatoms. The maximum absolute atomic E-state index is 12.6. The van der Waals surface area contributed by atoms with Gasteiger partial charge in [-0.2, -0.15) is 0 Å². The first-order valence-corrected chi connectivity index (χ1v) is 7.42. The SMILES string of the molecule is COc1ccc([S+]([O-])C(C(=O)NO)c2ccccc2)cc1.